The summed E-state index contributed by atoms with van der Waals surface area (Å²) < 4.78 is 51.1. The average Bonchev–Trinajstić information content (AvgIpc) is 3.36. The van der Waals surface area contributed by atoms with E-state index in [4.69, 9.17) is 14.6 Å². The molecule has 2 N–H and O–H groups in total. The standard InChI is InChI=1S/C28H30F3N5O3/c1-38-24-6-4-3-5-21(24)23-10-8-20-16-32-27(34-36(20)23)33-22-9-7-19(15-25(22)39-2)18-11-13-35(14-12-18)17-26(37)28(29,30)31/h3-10,15-16,18,26,37H,11-14,17H2,1-2H3,(H,33,34)/t26-/m0/s1. The molecule has 1 saturated heterocycles. The number of β-amino-alcohol motifs (C(OH)–C–C–N with tert-alkyl or cyclic N) is 1. The van der Waals surface area contributed by atoms with Gasteiger partial charge in [0.1, 0.15) is 11.5 Å². The number of rotatable bonds is 8. The SMILES string of the molecule is COc1cc(C2CCN(C[C@H](O)C(F)(F)F)CC2)ccc1Nc1ncc2ccc(-c3ccccc3OC)n2n1. The van der Waals surface area contributed by atoms with Gasteiger partial charge in [0.05, 0.1) is 37.3 Å². The van der Waals surface area contributed by atoms with E-state index in [1.165, 1.54) is 0 Å². The van der Waals surface area contributed by atoms with Crippen molar-refractivity contribution in [3.8, 4) is 22.8 Å². The predicted octanol–water partition coefficient (Wildman–Crippen LogP) is 5.26. The molecular weight excluding hydrogens is 511 g/mol. The number of para-hydroxylation sites is 1. The molecule has 0 radical (unpaired) electrons. The Kier molecular flexibility index (Phi) is 7.62. The molecule has 3 heterocycles. The van der Waals surface area contributed by atoms with Gasteiger partial charge in [-0.25, -0.2) is 9.50 Å². The molecule has 39 heavy (non-hydrogen) atoms. The number of methoxy groups -OCH3 is 2. The number of hydrogen-bond acceptors (Lipinski definition) is 7. The molecule has 0 amide bonds. The minimum atomic E-state index is -4.60. The molecule has 2 aromatic heterocycles. The Labute approximate surface area is 224 Å². The summed E-state index contributed by atoms with van der Waals surface area (Å²) in [6.45, 7) is 0.575. The molecule has 0 bridgehead atoms. The first kappa shape index (κ1) is 26.8. The van der Waals surface area contributed by atoms with Gasteiger partial charge in [-0.15, -0.1) is 5.10 Å². The van der Waals surface area contributed by atoms with E-state index in [1.54, 1.807) is 29.8 Å². The number of nitrogens with zero attached hydrogens (tertiary/aromatic N) is 4. The molecule has 1 atom stereocenters. The van der Waals surface area contributed by atoms with Crippen molar-refractivity contribution in [2.75, 3.05) is 39.2 Å². The molecule has 0 saturated carbocycles. The summed E-state index contributed by atoms with van der Waals surface area (Å²) in [7, 11) is 3.22. The molecule has 0 spiro atoms. The molecule has 206 valence electrons. The minimum Gasteiger partial charge on any atom is -0.496 e. The van der Waals surface area contributed by atoms with E-state index < -0.39 is 18.8 Å². The molecule has 1 fully saturated rings. The number of anilines is 2. The largest absolute Gasteiger partial charge is 0.496 e. The zero-order chi connectivity index (χ0) is 27.6. The highest BCUT2D eigenvalue weighted by Gasteiger charge is 2.39. The van der Waals surface area contributed by atoms with Crippen LogP contribution >= 0.6 is 0 Å². The summed E-state index contributed by atoms with van der Waals surface area (Å²) in [6, 6.07) is 17.5. The molecule has 1 aliphatic rings. The Balaban J connectivity index is 1.31. The first-order valence-corrected chi connectivity index (χ1v) is 12.7. The van der Waals surface area contributed by atoms with E-state index in [0.717, 1.165) is 28.1 Å². The van der Waals surface area contributed by atoms with Crippen molar-refractivity contribution in [1.29, 1.82) is 0 Å². The van der Waals surface area contributed by atoms with Gasteiger partial charge in [0.2, 0.25) is 5.95 Å². The molecule has 2 aromatic carbocycles. The quantitative estimate of drug-likeness (QED) is 0.315. The zero-order valence-corrected chi connectivity index (χ0v) is 21.7. The van der Waals surface area contributed by atoms with Gasteiger partial charge < -0.3 is 24.8 Å². The summed E-state index contributed by atoms with van der Waals surface area (Å²) in [6.07, 6.45) is -3.80. The molecule has 0 unspecified atom stereocenters. The second-order valence-electron chi connectivity index (χ2n) is 9.55. The van der Waals surface area contributed by atoms with Gasteiger partial charge in [0.15, 0.2) is 6.10 Å². The molecule has 8 nitrogen and oxygen atoms in total. The van der Waals surface area contributed by atoms with Gasteiger partial charge in [-0.2, -0.15) is 13.2 Å². The normalized spacial score (nSPS) is 15.8. The topological polar surface area (TPSA) is 84.2 Å². The molecule has 11 heteroatoms. The fourth-order valence-corrected chi connectivity index (χ4v) is 5.00. The van der Waals surface area contributed by atoms with E-state index in [0.29, 0.717) is 43.3 Å². The lowest BCUT2D eigenvalue weighted by Gasteiger charge is -2.33. The van der Waals surface area contributed by atoms with Gasteiger partial charge in [0.25, 0.3) is 0 Å². The number of halogens is 3. The molecular formula is C28H30F3N5O3. The van der Waals surface area contributed by atoms with E-state index in [2.05, 4.69) is 10.3 Å². The van der Waals surface area contributed by atoms with Gasteiger partial charge in [-0.1, -0.05) is 18.2 Å². The highest BCUT2D eigenvalue weighted by atomic mass is 19.4. The van der Waals surface area contributed by atoms with Crippen LogP contribution in [0.15, 0.2) is 60.8 Å². The summed E-state index contributed by atoms with van der Waals surface area (Å²) >= 11 is 0. The maximum absolute atomic E-state index is 12.7. The molecule has 0 aliphatic carbocycles. The zero-order valence-electron chi connectivity index (χ0n) is 21.7. The van der Waals surface area contributed by atoms with Crippen molar-refractivity contribution in [2.45, 2.75) is 31.0 Å². The lowest BCUT2D eigenvalue weighted by molar-refractivity contribution is -0.208. The highest BCUT2D eigenvalue weighted by Crippen LogP contribution is 2.36. The highest BCUT2D eigenvalue weighted by molar-refractivity contribution is 5.72. The van der Waals surface area contributed by atoms with Crippen LogP contribution in [0.2, 0.25) is 0 Å². The first-order valence-electron chi connectivity index (χ1n) is 12.7. The monoisotopic (exact) mass is 541 g/mol. The number of piperidine rings is 1. The van der Waals surface area contributed by atoms with Crippen LogP contribution in [0.1, 0.15) is 24.3 Å². The summed E-state index contributed by atoms with van der Waals surface area (Å²) in [5, 5.41) is 17.3. The Morgan fingerprint density at radius 1 is 1.03 bits per heavy atom. The second kappa shape index (κ2) is 11.1. The third kappa shape index (κ3) is 5.79. The van der Waals surface area contributed by atoms with Gasteiger partial charge in [-0.05, 0) is 73.8 Å². The number of likely N-dealkylation sites (tertiary alicyclic amines) is 1. The number of nitrogens with one attached hydrogen (secondary N) is 1. The van der Waals surface area contributed by atoms with Crippen LogP contribution in [0.25, 0.3) is 16.8 Å². The van der Waals surface area contributed by atoms with E-state index in [9.17, 15) is 18.3 Å². The lowest BCUT2D eigenvalue weighted by atomic mass is 9.89. The van der Waals surface area contributed by atoms with Crippen molar-refractivity contribution in [3.63, 3.8) is 0 Å². The second-order valence-corrected chi connectivity index (χ2v) is 9.55. The molecule has 4 aromatic rings. The van der Waals surface area contributed by atoms with Crippen molar-refractivity contribution < 1.29 is 27.8 Å². The number of aliphatic hydroxyl groups excluding tert-OH is 1. The van der Waals surface area contributed by atoms with Crippen molar-refractivity contribution in [1.82, 2.24) is 19.5 Å². The van der Waals surface area contributed by atoms with Gasteiger partial charge >= 0.3 is 6.18 Å². The number of alkyl halides is 3. The Hall–Kier alpha value is -3.83. The summed E-state index contributed by atoms with van der Waals surface area (Å²) in [5.41, 5.74) is 4.35. The number of benzene rings is 2. The first-order chi connectivity index (χ1) is 18.8. The van der Waals surface area contributed by atoms with Crippen LogP contribution in [0, 0.1) is 0 Å². The number of aliphatic hydroxyl groups is 1. The average molecular weight is 542 g/mol. The number of hydrogen-bond donors (Lipinski definition) is 2. The predicted molar refractivity (Wildman–Crippen MR) is 142 cm³/mol. The van der Waals surface area contributed by atoms with Crippen LogP contribution in [-0.4, -0.2) is 70.7 Å². The van der Waals surface area contributed by atoms with Crippen LogP contribution in [0.3, 0.4) is 0 Å². The maximum Gasteiger partial charge on any atom is 0.415 e. The van der Waals surface area contributed by atoms with E-state index >= 15 is 0 Å². The van der Waals surface area contributed by atoms with Crippen LogP contribution in [0.5, 0.6) is 11.5 Å². The fourth-order valence-electron chi connectivity index (χ4n) is 5.00. The summed E-state index contributed by atoms with van der Waals surface area (Å²) in [5.74, 6) is 1.93. The Morgan fingerprint density at radius 2 is 1.77 bits per heavy atom. The third-order valence-corrected chi connectivity index (χ3v) is 7.12. The van der Waals surface area contributed by atoms with Crippen LogP contribution < -0.4 is 14.8 Å². The lowest BCUT2D eigenvalue weighted by Crippen LogP contribution is -2.43. The van der Waals surface area contributed by atoms with Gasteiger partial charge in [-0.3, -0.25) is 0 Å². The summed E-state index contributed by atoms with van der Waals surface area (Å²) in [4.78, 5) is 6.12. The Bertz CT molecular complexity index is 1430. The van der Waals surface area contributed by atoms with E-state index in [1.807, 2.05) is 54.6 Å². The van der Waals surface area contributed by atoms with Crippen molar-refractivity contribution in [2.24, 2.45) is 0 Å². The van der Waals surface area contributed by atoms with Crippen LogP contribution in [0.4, 0.5) is 24.8 Å². The third-order valence-electron chi connectivity index (χ3n) is 7.12. The van der Waals surface area contributed by atoms with Crippen molar-refractivity contribution in [3.05, 3.63) is 66.4 Å². The molecule has 5 rings (SSSR count). The number of fused-ring (bicyclic) bond motifs is 1. The minimum absolute atomic E-state index is 0.183. The van der Waals surface area contributed by atoms with Crippen molar-refractivity contribution >= 4 is 17.2 Å². The van der Waals surface area contributed by atoms with Gasteiger partial charge in [0, 0.05) is 12.1 Å². The fraction of sp³-hybridized carbons (Fsp3) is 0.357. The number of aromatic nitrogens is 3. The Morgan fingerprint density at radius 3 is 2.49 bits per heavy atom. The molecule has 1 aliphatic heterocycles. The number of ether oxygens (including phenoxy) is 2. The smallest absolute Gasteiger partial charge is 0.415 e. The van der Waals surface area contributed by atoms with Crippen LogP contribution in [-0.2, 0) is 0 Å². The van der Waals surface area contributed by atoms with E-state index in [-0.39, 0.29) is 5.92 Å². The maximum atomic E-state index is 12.7.